The van der Waals surface area contributed by atoms with E-state index >= 15 is 0 Å². The fourth-order valence-electron chi connectivity index (χ4n) is 1.10. The van der Waals surface area contributed by atoms with E-state index in [0.717, 1.165) is 25.7 Å². The molecule has 0 radical (unpaired) electrons. The minimum Gasteiger partial charge on any atom is -0.273 e. The summed E-state index contributed by atoms with van der Waals surface area (Å²) in [6.07, 6.45) is 9.90. The first-order valence-electron chi connectivity index (χ1n) is 5.91. The molecule has 0 atom stereocenters. The van der Waals surface area contributed by atoms with Gasteiger partial charge >= 0.3 is 0 Å². The smallest absolute Gasteiger partial charge is 0.269 e. The molecule has 0 aromatic heterocycles. The molecular formula is C13H23NO2. The number of rotatable bonds is 9. The van der Waals surface area contributed by atoms with Crippen LogP contribution in [0.5, 0.6) is 0 Å². The molecule has 0 aliphatic heterocycles. The van der Waals surface area contributed by atoms with Crippen molar-refractivity contribution in [2.24, 2.45) is 0 Å². The van der Waals surface area contributed by atoms with Gasteiger partial charge in [0.1, 0.15) is 0 Å². The Morgan fingerprint density at radius 3 is 2.69 bits per heavy atom. The highest BCUT2D eigenvalue weighted by Gasteiger charge is 1.99. The number of hydrogen-bond donors (Lipinski definition) is 1. The van der Waals surface area contributed by atoms with Gasteiger partial charge in [-0.1, -0.05) is 32.1 Å². The van der Waals surface area contributed by atoms with Gasteiger partial charge in [-0.15, -0.1) is 0 Å². The second-order valence-corrected chi connectivity index (χ2v) is 3.79. The van der Waals surface area contributed by atoms with Crippen LogP contribution >= 0.6 is 0 Å². The number of amides is 1. The van der Waals surface area contributed by atoms with Gasteiger partial charge in [-0.25, -0.2) is 5.48 Å². The van der Waals surface area contributed by atoms with Crippen molar-refractivity contribution in [2.75, 3.05) is 6.61 Å². The maximum atomic E-state index is 11.0. The molecule has 0 saturated carbocycles. The Morgan fingerprint density at radius 1 is 1.31 bits per heavy atom. The van der Waals surface area contributed by atoms with Crippen molar-refractivity contribution in [3.8, 4) is 0 Å². The van der Waals surface area contributed by atoms with Gasteiger partial charge in [0.25, 0.3) is 5.91 Å². The third kappa shape index (κ3) is 9.46. The molecule has 0 rings (SSSR count). The largest absolute Gasteiger partial charge is 0.273 e. The molecule has 0 bridgehead atoms. The summed E-state index contributed by atoms with van der Waals surface area (Å²) in [7, 11) is 0. The maximum absolute atomic E-state index is 11.0. The second-order valence-electron chi connectivity index (χ2n) is 3.79. The van der Waals surface area contributed by atoms with Gasteiger partial charge in [-0.2, -0.15) is 0 Å². The number of hydroxylamine groups is 1. The summed E-state index contributed by atoms with van der Waals surface area (Å²) < 4.78 is 0. The van der Waals surface area contributed by atoms with Crippen molar-refractivity contribution in [1.82, 2.24) is 5.48 Å². The van der Waals surface area contributed by atoms with E-state index in [1.54, 1.807) is 6.92 Å². The molecule has 0 aromatic carbocycles. The summed E-state index contributed by atoms with van der Waals surface area (Å²) >= 11 is 0. The van der Waals surface area contributed by atoms with Gasteiger partial charge in [0.2, 0.25) is 0 Å². The molecule has 0 fully saturated rings. The molecular weight excluding hydrogens is 202 g/mol. The van der Waals surface area contributed by atoms with E-state index in [1.807, 2.05) is 0 Å². The Morgan fingerprint density at radius 2 is 2.06 bits per heavy atom. The summed E-state index contributed by atoms with van der Waals surface area (Å²) in [6, 6.07) is 0. The Bertz CT molecular complexity index is 234. The van der Waals surface area contributed by atoms with Gasteiger partial charge < -0.3 is 0 Å². The van der Waals surface area contributed by atoms with E-state index in [4.69, 9.17) is 4.84 Å². The molecule has 3 nitrogen and oxygen atoms in total. The van der Waals surface area contributed by atoms with Crippen molar-refractivity contribution < 1.29 is 9.63 Å². The minimum absolute atomic E-state index is 0.245. The van der Waals surface area contributed by atoms with Crippen molar-refractivity contribution in [3.05, 3.63) is 24.3 Å². The topological polar surface area (TPSA) is 38.3 Å². The molecule has 0 aliphatic carbocycles. The molecule has 0 saturated heterocycles. The lowest BCUT2D eigenvalue weighted by molar-refractivity contribution is -0.129. The van der Waals surface area contributed by atoms with Gasteiger partial charge in [0.15, 0.2) is 0 Å². The van der Waals surface area contributed by atoms with E-state index in [9.17, 15) is 4.79 Å². The predicted molar refractivity (Wildman–Crippen MR) is 66.8 cm³/mol. The van der Waals surface area contributed by atoms with Crippen LogP contribution in [-0.2, 0) is 9.63 Å². The number of unbranched alkanes of at least 4 members (excludes halogenated alkanes) is 3. The van der Waals surface area contributed by atoms with Crippen molar-refractivity contribution in [2.45, 2.75) is 46.0 Å². The average molecular weight is 225 g/mol. The Labute approximate surface area is 98.5 Å². The first-order valence-corrected chi connectivity index (χ1v) is 5.91. The molecule has 3 heteroatoms. The van der Waals surface area contributed by atoms with Crippen molar-refractivity contribution in [3.63, 3.8) is 0 Å². The fourth-order valence-corrected chi connectivity index (χ4v) is 1.10. The lowest BCUT2D eigenvalue weighted by Gasteiger charge is -2.04. The monoisotopic (exact) mass is 225 g/mol. The highest BCUT2D eigenvalue weighted by Crippen LogP contribution is 2.01. The third-order valence-corrected chi connectivity index (χ3v) is 2.07. The number of allylic oxidation sites excluding steroid dienone is 2. The normalized spacial score (nSPS) is 10.6. The molecule has 1 amide bonds. The summed E-state index contributed by atoms with van der Waals surface area (Å²) in [4.78, 5) is 16.0. The average Bonchev–Trinajstić information content (AvgIpc) is 2.26. The van der Waals surface area contributed by atoms with Crippen LogP contribution in [0.4, 0.5) is 0 Å². The Balaban J connectivity index is 3.19. The van der Waals surface area contributed by atoms with E-state index < -0.39 is 0 Å². The SMILES string of the molecule is C=C(C)C(=O)NOCCCCC/C=C/CC. The van der Waals surface area contributed by atoms with Crippen LogP contribution in [-0.4, -0.2) is 12.5 Å². The number of carbonyl (C=O) groups excluding carboxylic acids is 1. The molecule has 0 aromatic rings. The van der Waals surface area contributed by atoms with Crippen molar-refractivity contribution in [1.29, 1.82) is 0 Å². The highest BCUT2D eigenvalue weighted by atomic mass is 16.6. The standard InChI is InChI=1S/C13H23NO2/c1-4-5-6-7-8-9-10-11-16-14-13(15)12(2)3/h5-6H,2,4,7-11H2,1,3H3,(H,14,15)/b6-5+. The van der Waals surface area contributed by atoms with Gasteiger partial charge in [0.05, 0.1) is 6.61 Å². The van der Waals surface area contributed by atoms with E-state index in [2.05, 4.69) is 31.1 Å². The van der Waals surface area contributed by atoms with E-state index in [0.29, 0.717) is 12.2 Å². The van der Waals surface area contributed by atoms with Crippen LogP contribution in [0.25, 0.3) is 0 Å². The molecule has 16 heavy (non-hydrogen) atoms. The number of nitrogens with one attached hydrogen (secondary N) is 1. The summed E-state index contributed by atoms with van der Waals surface area (Å²) in [5, 5.41) is 0. The molecule has 0 heterocycles. The quantitative estimate of drug-likeness (QED) is 0.283. The first-order chi connectivity index (χ1) is 7.68. The van der Waals surface area contributed by atoms with Crippen LogP contribution in [0.15, 0.2) is 24.3 Å². The number of hydrogen-bond acceptors (Lipinski definition) is 2. The van der Waals surface area contributed by atoms with Crippen LogP contribution in [0.1, 0.15) is 46.0 Å². The minimum atomic E-state index is -0.245. The second kappa shape index (κ2) is 10.4. The van der Waals surface area contributed by atoms with Gasteiger partial charge in [-0.3, -0.25) is 9.63 Å². The Kier molecular flexibility index (Phi) is 9.72. The molecule has 0 spiro atoms. The van der Waals surface area contributed by atoms with Crippen LogP contribution in [0.3, 0.4) is 0 Å². The lowest BCUT2D eigenvalue weighted by Crippen LogP contribution is -2.24. The summed E-state index contributed by atoms with van der Waals surface area (Å²) in [5.41, 5.74) is 2.80. The van der Waals surface area contributed by atoms with Crippen LogP contribution in [0.2, 0.25) is 0 Å². The third-order valence-electron chi connectivity index (χ3n) is 2.07. The van der Waals surface area contributed by atoms with E-state index in [1.165, 1.54) is 6.42 Å². The summed E-state index contributed by atoms with van der Waals surface area (Å²) in [5.74, 6) is -0.245. The molecule has 92 valence electrons. The Hall–Kier alpha value is -1.09. The van der Waals surface area contributed by atoms with Crippen LogP contribution in [0, 0.1) is 0 Å². The molecule has 0 aliphatic rings. The zero-order valence-corrected chi connectivity index (χ0v) is 10.4. The zero-order chi connectivity index (χ0) is 12.2. The molecule has 0 unspecified atom stereocenters. The lowest BCUT2D eigenvalue weighted by atomic mass is 10.2. The van der Waals surface area contributed by atoms with Gasteiger partial charge in [0, 0.05) is 5.57 Å². The fraction of sp³-hybridized carbons (Fsp3) is 0.615. The van der Waals surface area contributed by atoms with E-state index in [-0.39, 0.29) is 5.91 Å². The van der Waals surface area contributed by atoms with Gasteiger partial charge in [-0.05, 0) is 32.6 Å². The first kappa shape index (κ1) is 14.9. The molecule has 1 N–H and O–H groups in total. The summed E-state index contributed by atoms with van der Waals surface area (Å²) in [6.45, 7) is 7.86. The number of carbonyl (C=O) groups is 1. The maximum Gasteiger partial charge on any atom is 0.269 e. The van der Waals surface area contributed by atoms with Crippen LogP contribution < -0.4 is 5.48 Å². The van der Waals surface area contributed by atoms with Crippen molar-refractivity contribution >= 4 is 5.91 Å². The highest BCUT2D eigenvalue weighted by molar-refractivity contribution is 5.91. The predicted octanol–water partition coefficient (Wildman–Crippen LogP) is 3.14. The zero-order valence-electron chi connectivity index (χ0n) is 10.4.